The molecule has 0 saturated carbocycles. The minimum Gasteiger partial charge on any atom is -0.457 e. The summed E-state index contributed by atoms with van der Waals surface area (Å²) in [5.41, 5.74) is 15.7. The summed E-state index contributed by atoms with van der Waals surface area (Å²) in [5, 5.41) is 14.2. The Hall–Kier alpha value is -9.41. The fourth-order valence-corrected chi connectivity index (χ4v) is 12.8. The Morgan fingerprint density at radius 2 is 1.07 bits per heavy atom. The van der Waals surface area contributed by atoms with Crippen molar-refractivity contribution in [1.29, 1.82) is 5.26 Å². The molecule has 0 fully saturated rings. The van der Waals surface area contributed by atoms with Crippen LogP contribution in [0, 0.1) is 17.9 Å². The van der Waals surface area contributed by atoms with Gasteiger partial charge in [0.05, 0.1) is 68.4 Å². The van der Waals surface area contributed by atoms with Crippen LogP contribution >= 0.6 is 11.8 Å². The number of para-hydroxylation sites is 3. The molecule has 3 aliphatic rings. The number of anilines is 3. The fraction of sp³-hybridized carbons (Fsp3) is 0.0164. The van der Waals surface area contributed by atoms with Gasteiger partial charge in [0, 0.05) is 78.7 Å². The SMILES string of the molecule is [C-]#[N+]c1ccc2c(c1)c1ccccc1n2-c1ccc2c(c1)Oc1cc(-n3c4ccccc4c4cc(N5c6ccccc6Sc6cc(C#N)ccc65)ccc43)ccc1C21c2cccnc2-c2ncccc21. The molecule has 4 aromatic heterocycles. The number of nitrogens with zero attached hydrogens (tertiary/aromatic N) is 7. The van der Waals surface area contributed by atoms with Crippen molar-refractivity contribution in [3.8, 4) is 40.3 Å². The van der Waals surface area contributed by atoms with E-state index in [1.165, 1.54) is 0 Å². The summed E-state index contributed by atoms with van der Waals surface area (Å²) < 4.78 is 11.9. The van der Waals surface area contributed by atoms with E-state index < -0.39 is 5.41 Å². The molecule has 15 rings (SSSR count). The van der Waals surface area contributed by atoms with Crippen LogP contribution in [0.1, 0.15) is 27.8 Å². The van der Waals surface area contributed by atoms with Gasteiger partial charge in [-0.3, -0.25) is 9.97 Å². The van der Waals surface area contributed by atoms with Crippen molar-refractivity contribution < 1.29 is 4.74 Å². The lowest BCUT2D eigenvalue weighted by Crippen LogP contribution is -2.32. The summed E-state index contributed by atoms with van der Waals surface area (Å²) in [4.78, 5) is 18.2. The number of benzene rings is 8. The lowest BCUT2D eigenvalue weighted by atomic mass is 9.66. The number of ether oxygens (including phenoxy) is 1. The van der Waals surface area contributed by atoms with Crippen LogP contribution in [0.4, 0.5) is 22.7 Å². The van der Waals surface area contributed by atoms with E-state index >= 15 is 0 Å². The third-order valence-electron chi connectivity index (χ3n) is 14.5. The first kappa shape index (κ1) is 38.7. The van der Waals surface area contributed by atoms with Gasteiger partial charge in [-0.05, 0) is 114 Å². The Kier molecular flexibility index (Phi) is 7.90. The van der Waals surface area contributed by atoms with Crippen LogP contribution in [0.5, 0.6) is 11.5 Å². The van der Waals surface area contributed by atoms with Crippen molar-refractivity contribution in [1.82, 2.24) is 19.1 Å². The lowest BCUT2D eigenvalue weighted by Gasteiger charge is -2.39. The Morgan fingerprint density at radius 1 is 0.500 bits per heavy atom. The van der Waals surface area contributed by atoms with E-state index in [1.54, 1.807) is 11.8 Å². The van der Waals surface area contributed by atoms with Gasteiger partial charge in [0.1, 0.15) is 11.5 Å². The summed E-state index contributed by atoms with van der Waals surface area (Å²) in [6.07, 6.45) is 3.70. The number of pyridine rings is 2. The topological polar surface area (TPSA) is 76.3 Å². The highest BCUT2D eigenvalue weighted by molar-refractivity contribution is 7.99. The fourth-order valence-electron chi connectivity index (χ4n) is 11.7. The predicted molar refractivity (Wildman–Crippen MR) is 278 cm³/mol. The average molecular weight is 912 g/mol. The van der Waals surface area contributed by atoms with Gasteiger partial charge in [0.15, 0.2) is 5.69 Å². The Morgan fingerprint density at radius 3 is 1.73 bits per heavy atom. The van der Waals surface area contributed by atoms with E-state index in [1.807, 2.05) is 48.8 Å². The Labute approximate surface area is 405 Å². The van der Waals surface area contributed by atoms with Crippen LogP contribution in [0.2, 0.25) is 0 Å². The van der Waals surface area contributed by atoms with E-state index in [4.69, 9.17) is 21.3 Å². The molecule has 1 spiro atoms. The maximum Gasteiger partial charge on any atom is 0.188 e. The molecule has 2 aliphatic heterocycles. The molecule has 9 heteroatoms. The second kappa shape index (κ2) is 14.3. The molecule has 0 unspecified atom stereocenters. The Balaban J connectivity index is 0.944. The zero-order chi connectivity index (χ0) is 46.2. The maximum absolute atomic E-state index is 9.80. The third kappa shape index (κ3) is 5.13. The number of aromatic nitrogens is 4. The average Bonchev–Trinajstić information content (AvgIpc) is 4.03. The van der Waals surface area contributed by atoms with Gasteiger partial charge in [0.25, 0.3) is 0 Å². The van der Waals surface area contributed by atoms with Gasteiger partial charge in [0.2, 0.25) is 0 Å². The first-order valence-corrected chi connectivity index (χ1v) is 23.9. The molecular weight excluding hydrogens is 879 g/mol. The molecule has 0 N–H and O–H groups in total. The van der Waals surface area contributed by atoms with Crippen molar-refractivity contribution in [3.05, 3.63) is 240 Å². The minimum atomic E-state index is -0.776. The minimum absolute atomic E-state index is 0.608. The number of hydrogen-bond acceptors (Lipinski definition) is 6. The summed E-state index contributed by atoms with van der Waals surface area (Å²) in [7, 11) is 0. The quantitative estimate of drug-likeness (QED) is 0.164. The third-order valence-corrected chi connectivity index (χ3v) is 15.6. The number of nitriles is 1. The number of fused-ring (bicyclic) bond motifs is 17. The maximum atomic E-state index is 9.80. The van der Waals surface area contributed by atoms with Crippen molar-refractivity contribution in [3.63, 3.8) is 0 Å². The summed E-state index contributed by atoms with van der Waals surface area (Å²) in [6, 6.07) is 68.1. The summed E-state index contributed by atoms with van der Waals surface area (Å²) in [6.45, 7) is 7.77. The zero-order valence-corrected chi connectivity index (χ0v) is 37.8. The smallest absolute Gasteiger partial charge is 0.188 e. The molecule has 70 heavy (non-hydrogen) atoms. The normalized spacial score (nSPS) is 13.5. The van der Waals surface area contributed by atoms with E-state index in [-0.39, 0.29) is 0 Å². The van der Waals surface area contributed by atoms with Crippen LogP contribution in [-0.2, 0) is 5.41 Å². The zero-order valence-electron chi connectivity index (χ0n) is 37.0. The molecular formula is C61H33N7OS. The molecule has 8 aromatic carbocycles. The first-order valence-electron chi connectivity index (χ1n) is 23.0. The second-order valence-electron chi connectivity index (χ2n) is 17.9. The van der Waals surface area contributed by atoms with Crippen LogP contribution in [0.15, 0.2) is 210 Å². The van der Waals surface area contributed by atoms with Gasteiger partial charge in [-0.15, -0.1) is 0 Å². The van der Waals surface area contributed by atoms with Crippen molar-refractivity contribution in [2.45, 2.75) is 15.2 Å². The highest BCUT2D eigenvalue weighted by Gasteiger charge is 2.52. The molecule has 0 atom stereocenters. The number of rotatable bonds is 3. The predicted octanol–water partition coefficient (Wildman–Crippen LogP) is 15.5. The standard InChI is InChI=1S/C61H33N7OS/c1-63-37-19-26-51-43(31-37)41-10-2-4-14-49(41)66(51)39-20-23-45-55(33-39)69-56-34-40(21-24-46(56)61(45)47-12-8-28-64-59(47)60-48(61)13-9-29-65-60)67-50-15-5-3-11-42(50)44-32-38(22-27-52(44)67)68-53-16-6-7-17-57(53)70-58-30-36(35-62)18-25-54(58)68/h2-34H. The number of hydrogen-bond donors (Lipinski definition) is 0. The van der Waals surface area contributed by atoms with E-state index in [2.05, 4.69) is 177 Å². The van der Waals surface area contributed by atoms with Crippen LogP contribution in [0.3, 0.4) is 0 Å². The van der Waals surface area contributed by atoms with Gasteiger partial charge < -0.3 is 18.8 Å². The van der Waals surface area contributed by atoms with Gasteiger partial charge in [-0.1, -0.05) is 90.6 Å². The van der Waals surface area contributed by atoms with E-state index in [0.717, 1.165) is 127 Å². The molecule has 0 saturated heterocycles. The molecule has 0 amide bonds. The molecule has 324 valence electrons. The highest BCUT2D eigenvalue weighted by Crippen LogP contribution is 2.62. The molecule has 1 aliphatic carbocycles. The van der Waals surface area contributed by atoms with Crippen molar-refractivity contribution >= 4 is 78.1 Å². The lowest BCUT2D eigenvalue weighted by molar-refractivity contribution is 0.436. The molecule has 0 radical (unpaired) electrons. The first-order chi connectivity index (χ1) is 34.6. The summed E-state index contributed by atoms with van der Waals surface area (Å²) >= 11 is 1.70. The second-order valence-corrected chi connectivity index (χ2v) is 19.0. The van der Waals surface area contributed by atoms with Crippen LogP contribution in [0.25, 0.3) is 71.2 Å². The van der Waals surface area contributed by atoms with Crippen LogP contribution < -0.4 is 9.64 Å². The van der Waals surface area contributed by atoms with Crippen molar-refractivity contribution in [2.24, 2.45) is 0 Å². The molecule has 8 nitrogen and oxygen atoms in total. The van der Waals surface area contributed by atoms with Gasteiger partial charge in [-0.25, -0.2) is 4.85 Å². The highest BCUT2D eigenvalue weighted by atomic mass is 32.2. The van der Waals surface area contributed by atoms with Gasteiger partial charge in [-0.2, -0.15) is 5.26 Å². The van der Waals surface area contributed by atoms with Crippen molar-refractivity contribution in [2.75, 3.05) is 4.90 Å². The summed E-state index contributed by atoms with van der Waals surface area (Å²) in [5.74, 6) is 1.49. The van der Waals surface area contributed by atoms with E-state index in [0.29, 0.717) is 11.3 Å². The monoisotopic (exact) mass is 911 g/mol. The largest absolute Gasteiger partial charge is 0.457 e. The Bertz CT molecular complexity index is 4330. The van der Waals surface area contributed by atoms with E-state index in [9.17, 15) is 5.26 Å². The molecule has 6 heterocycles. The molecule has 12 aromatic rings. The van der Waals surface area contributed by atoms with Gasteiger partial charge >= 0.3 is 0 Å². The van der Waals surface area contributed by atoms with Crippen LogP contribution in [-0.4, -0.2) is 19.1 Å². The molecule has 0 bridgehead atoms.